The summed E-state index contributed by atoms with van der Waals surface area (Å²) in [6.07, 6.45) is 0. The second-order valence-corrected chi connectivity index (χ2v) is 8.62. The third-order valence-electron chi connectivity index (χ3n) is 5.86. The highest BCUT2D eigenvalue weighted by Crippen LogP contribution is 2.24. The zero-order valence-corrected chi connectivity index (χ0v) is 20.7. The number of carbonyl (C=O) groups excluding carboxylic acids is 2. The maximum atomic E-state index is 12.9. The van der Waals surface area contributed by atoms with Crippen LogP contribution in [0.2, 0.25) is 0 Å². The van der Waals surface area contributed by atoms with Crippen LogP contribution in [0.1, 0.15) is 20.7 Å². The molecule has 0 fully saturated rings. The predicted octanol–water partition coefficient (Wildman–Crippen LogP) is 2.84. The summed E-state index contributed by atoms with van der Waals surface area (Å²) >= 11 is 0. The lowest BCUT2D eigenvalue weighted by molar-refractivity contribution is -0.385. The third-order valence-corrected chi connectivity index (χ3v) is 5.86. The van der Waals surface area contributed by atoms with E-state index in [2.05, 4.69) is 41.9 Å². The van der Waals surface area contributed by atoms with Gasteiger partial charge in [-0.25, -0.2) is 0 Å². The van der Waals surface area contributed by atoms with Crippen LogP contribution in [0.5, 0.6) is 0 Å². The molecule has 3 aromatic rings. The maximum absolute atomic E-state index is 12.9. The van der Waals surface area contributed by atoms with Crippen molar-refractivity contribution in [2.75, 3.05) is 47.4 Å². The number of nitrogens with zero attached hydrogens (tertiary/aromatic N) is 3. The monoisotopic (exact) mass is 527 g/mol. The van der Waals surface area contributed by atoms with Crippen molar-refractivity contribution < 1.29 is 14.5 Å². The van der Waals surface area contributed by atoms with Crippen molar-refractivity contribution in [2.45, 2.75) is 0 Å². The topological polar surface area (TPSA) is 174 Å². The highest BCUT2D eigenvalue weighted by atomic mass is 16.6. The van der Waals surface area contributed by atoms with Gasteiger partial charge in [-0.3, -0.25) is 29.7 Å². The lowest BCUT2D eigenvalue weighted by Gasteiger charge is -2.10. The van der Waals surface area contributed by atoms with Crippen molar-refractivity contribution in [2.24, 2.45) is 9.98 Å². The summed E-state index contributed by atoms with van der Waals surface area (Å²) < 4.78 is 0. The molecule has 0 aromatic heterocycles. The van der Waals surface area contributed by atoms with Crippen LogP contribution in [-0.2, 0) is 0 Å². The van der Waals surface area contributed by atoms with Crippen molar-refractivity contribution in [3.05, 3.63) is 88.0 Å². The molecule has 2 amide bonds. The van der Waals surface area contributed by atoms with E-state index in [9.17, 15) is 19.7 Å². The van der Waals surface area contributed by atoms with Crippen molar-refractivity contribution in [1.29, 1.82) is 0 Å². The van der Waals surface area contributed by atoms with Gasteiger partial charge in [0.05, 0.1) is 18.0 Å². The van der Waals surface area contributed by atoms with Crippen LogP contribution >= 0.6 is 0 Å². The number of nitro benzene ring substituents is 1. The average Bonchev–Trinajstić information content (AvgIpc) is 3.65. The molecule has 0 spiro atoms. The van der Waals surface area contributed by atoms with Crippen LogP contribution in [0, 0.1) is 10.1 Å². The highest BCUT2D eigenvalue weighted by Gasteiger charge is 2.23. The first-order valence-electron chi connectivity index (χ1n) is 12.2. The summed E-state index contributed by atoms with van der Waals surface area (Å²) in [4.78, 5) is 45.2. The minimum absolute atomic E-state index is 0.0452. The van der Waals surface area contributed by atoms with Crippen molar-refractivity contribution in [1.82, 2.24) is 10.6 Å². The Morgan fingerprint density at radius 3 is 1.67 bits per heavy atom. The number of carbonyl (C=O) groups is 2. The fourth-order valence-corrected chi connectivity index (χ4v) is 3.93. The maximum Gasteiger partial charge on any atom is 0.282 e. The summed E-state index contributed by atoms with van der Waals surface area (Å²) in [6, 6.07) is 17.5. The quantitative estimate of drug-likeness (QED) is 0.201. The van der Waals surface area contributed by atoms with Gasteiger partial charge in [-0.15, -0.1) is 0 Å². The van der Waals surface area contributed by atoms with Crippen LogP contribution in [0.15, 0.2) is 76.7 Å². The molecular formula is C26H25N9O4. The Bertz CT molecular complexity index is 1470. The van der Waals surface area contributed by atoms with Crippen molar-refractivity contribution in [3.63, 3.8) is 0 Å². The summed E-state index contributed by atoms with van der Waals surface area (Å²) in [7, 11) is 0. The van der Waals surface area contributed by atoms with E-state index in [4.69, 9.17) is 0 Å². The van der Waals surface area contributed by atoms with Gasteiger partial charge >= 0.3 is 0 Å². The molecule has 198 valence electrons. The summed E-state index contributed by atoms with van der Waals surface area (Å²) in [5, 5.41) is 29.6. The molecule has 0 saturated heterocycles. The largest absolute Gasteiger partial charge is 0.354 e. The lowest BCUT2D eigenvalue weighted by atomic mass is 10.1. The molecule has 39 heavy (non-hydrogen) atoms. The Kier molecular flexibility index (Phi) is 7.30. The van der Waals surface area contributed by atoms with E-state index in [1.807, 2.05) is 0 Å². The number of guanidine groups is 2. The molecule has 2 heterocycles. The molecule has 0 atom stereocenters. The van der Waals surface area contributed by atoms with Gasteiger partial charge in [0.2, 0.25) is 0 Å². The fraction of sp³-hybridized carbons (Fsp3) is 0.154. The van der Waals surface area contributed by atoms with E-state index in [1.54, 1.807) is 48.5 Å². The Morgan fingerprint density at radius 1 is 0.718 bits per heavy atom. The Balaban J connectivity index is 1.23. The van der Waals surface area contributed by atoms with Gasteiger partial charge in [-0.05, 0) is 60.7 Å². The van der Waals surface area contributed by atoms with E-state index in [1.165, 1.54) is 12.1 Å². The number of nitro groups is 1. The molecule has 0 aliphatic carbocycles. The SMILES string of the molecule is O=C(Nc1ccc(NC2=NCCN2)cc1)c1ccc(C(=O)Nc2ccc(NC3=NCCN3)cc2)c([N+](=O)[O-])c1. The van der Waals surface area contributed by atoms with Crippen LogP contribution in [0.25, 0.3) is 0 Å². The number of amides is 2. The number of hydrogen-bond donors (Lipinski definition) is 6. The van der Waals surface area contributed by atoms with Gasteiger partial charge in [0.25, 0.3) is 17.5 Å². The molecule has 13 nitrogen and oxygen atoms in total. The van der Waals surface area contributed by atoms with Crippen LogP contribution in [-0.4, -0.2) is 54.8 Å². The second-order valence-electron chi connectivity index (χ2n) is 8.62. The molecule has 3 aromatic carbocycles. The number of rotatable bonds is 7. The number of aliphatic imine (C=N–C) groups is 2. The lowest BCUT2D eigenvalue weighted by Crippen LogP contribution is -2.26. The van der Waals surface area contributed by atoms with E-state index in [-0.39, 0.29) is 11.1 Å². The van der Waals surface area contributed by atoms with Crippen LogP contribution in [0.4, 0.5) is 28.4 Å². The van der Waals surface area contributed by atoms with Gasteiger partial charge in [-0.2, -0.15) is 0 Å². The molecule has 0 bridgehead atoms. The number of hydrogen-bond acceptors (Lipinski definition) is 10. The Labute approximate surface area is 223 Å². The van der Waals surface area contributed by atoms with E-state index >= 15 is 0 Å². The number of nitrogens with one attached hydrogen (secondary N) is 6. The minimum atomic E-state index is -0.686. The minimum Gasteiger partial charge on any atom is -0.354 e. The average molecular weight is 528 g/mol. The standard InChI is InChI=1S/C26H25N9O4/c36-23(31-17-2-6-19(7-3-17)33-25-27-11-12-28-25)16-1-10-21(22(15-16)35(38)39)24(37)32-18-4-8-20(9-5-18)34-26-29-13-14-30-26/h1-10,15H,11-14H2,(H,31,36)(H,32,37)(H2,27,28,33)(H2,29,30,34). The molecule has 2 aliphatic heterocycles. The van der Waals surface area contributed by atoms with E-state index < -0.39 is 22.4 Å². The molecule has 0 saturated carbocycles. The van der Waals surface area contributed by atoms with Crippen LogP contribution < -0.4 is 31.9 Å². The molecule has 13 heteroatoms. The van der Waals surface area contributed by atoms with E-state index in [0.29, 0.717) is 36.4 Å². The van der Waals surface area contributed by atoms with Crippen LogP contribution in [0.3, 0.4) is 0 Å². The Hall–Kier alpha value is -5.46. The smallest absolute Gasteiger partial charge is 0.282 e. The predicted molar refractivity (Wildman–Crippen MR) is 150 cm³/mol. The summed E-state index contributed by atoms with van der Waals surface area (Å²) in [5.74, 6) is 0.148. The number of benzene rings is 3. The van der Waals surface area contributed by atoms with Gasteiger partial charge in [-0.1, -0.05) is 0 Å². The van der Waals surface area contributed by atoms with Crippen molar-refractivity contribution >= 4 is 52.2 Å². The first-order chi connectivity index (χ1) is 18.9. The first kappa shape index (κ1) is 25.2. The zero-order chi connectivity index (χ0) is 27.2. The van der Waals surface area contributed by atoms with Gasteiger partial charge in [0.1, 0.15) is 5.56 Å². The molecule has 5 rings (SSSR count). The van der Waals surface area contributed by atoms with Gasteiger partial charge in [0, 0.05) is 47.5 Å². The van der Waals surface area contributed by atoms with Crippen molar-refractivity contribution in [3.8, 4) is 0 Å². The highest BCUT2D eigenvalue weighted by molar-refractivity contribution is 6.10. The molecular weight excluding hydrogens is 502 g/mol. The van der Waals surface area contributed by atoms with Gasteiger partial charge in [0.15, 0.2) is 11.9 Å². The molecule has 6 N–H and O–H groups in total. The van der Waals surface area contributed by atoms with Gasteiger partial charge < -0.3 is 31.9 Å². The summed E-state index contributed by atoms with van der Waals surface area (Å²) in [5.41, 5.74) is 1.92. The summed E-state index contributed by atoms with van der Waals surface area (Å²) in [6.45, 7) is 2.97. The molecule has 0 radical (unpaired) electrons. The van der Waals surface area contributed by atoms with E-state index in [0.717, 1.165) is 30.5 Å². The third kappa shape index (κ3) is 6.28. The number of anilines is 4. The second kappa shape index (κ2) is 11.3. The fourth-order valence-electron chi connectivity index (χ4n) is 3.93. The first-order valence-corrected chi connectivity index (χ1v) is 12.2. The Morgan fingerprint density at radius 2 is 1.21 bits per heavy atom. The zero-order valence-electron chi connectivity index (χ0n) is 20.7. The molecule has 0 unspecified atom stereocenters. The normalized spacial score (nSPS) is 13.8. The molecule has 2 aliphatic rings.